The molecule has 0 aliphatic rings. The number of hydrogen-bond acceptors (Lipinski definition) is 3. The van der Waals surface area contributed by atoms with E-state index in [9.17, 15) is 4.79 Å². The van der Waals surface area contributed by atoms with Crippen molar-refractivity contribution in [3.8, 4) is 16.9 Å². The van der Waals surface area contributed by atoms with Crippen molar-refractivity contribution in [2.45, 2.75) is 20.0 Å². The number of hydrogen-bond donors (Lipinski definition) is 0. The molecule has 1 unspecified atom stereocenters. The average molecular weight is 296 g/mol. The van der Waals surface area contributed by atoms with Crippen LogP contribution in [0.25, 0.3) is 11.1 Å². The van der Waals surface area contributed by atoms with Gasteiger partial charge < -0.3 is 9.47 Å². The third-order valence-electron chi connectivity index (χ3n) is 3.10. The quantitative estimate of drug-likeness (QED) is 0.591. The fourth-order valence-electron chi connectivity index (χ4n) is 1.99. The maximum absolute atomic E-state index is 11.4. The van der Waals surface area contributed by atoms with Crippen LogP contribution in [0.3, 0.4) is 0 Å². The van der Waals surface area contributed by atoms with Crippen LogP contribution in [0.4, 0.5) is 0 Å². The van der Waals surface area contributed by atoms with Crippen molar-refractivity contribution in [1.82, 2.24) is 0 Å². The largest absolute Gasteiger partial charge is 0.487 e. The van der Waals surface area contributed by atoms with Crippen molar-refractivity contribution in [3.05, 3.63) is 66.7 Å². The SMILES string of the molecule is C=C(C)C(=O)OCC(C)Oc1ccccc1-c1ccccc1. The molecule has 114 valence electrons. The highest BCUT2D eigenvalue weighted by Crippen LogP contribution is 2.30. The summed E-state index contributed by atoms with van der Waals surface area (Å²) in [6.07, 6.45) is -0.242. The highest BCUT2D eigenvalue weighted by atomic mass is 16.6. The normalized spacial score (nSPS) is 11.5. The van der Waals surface area contributed by atoms with Gasteiger partial charge >= 0.3 is 5.97 Å². The molecular formula is C19H20O3. The predicted molar refractivity (Wildman–Crippen MR) is 87.7 cm³/mol. The lowest BCUT2D eigenvalue weighted by Gasteiger charge is -2.17. The topological polar surface area (TPSA) is 35.5 Å². The van der Waals surface area contributed by atoms with Gasteiger partial charge in [0.15, 0.2) is 0 Å². The molecular weight excluding hydrogens is 276 g/mol. The molecule has 0 fully saturated rings. The van der Waals surface area contributed by atoms with Crippen LogP contribution >= 0.6 is 0 Å². The van der Waals surface area contributed by atoms with E-state index < -0.39 is 5.97 Å². The number of para-hydroxylation sites is 1. The minimum absolute atomic E-state index is 0.189. The molecule has 0 amide bonds. The highest BCUT2D eigenvalue weighted by Gasteiger charge is 2.12. The van der Waals surface area contributed by atoms with Crippen LogP contribution in [0.2, 0.25) is 0 Å². The van der Waals surface area contributed by atoms with Crippen molar-refractivity contribution in [2.75, 3.05) is 6.61 Å². The van der Waals surface area contributed by atoms with Crippen molar-refractivity contribution in [3.63, 3.8) is 0 Å². The second-order valence-corrected chi connectivity index (χ2v) is 5.17. The van der Waals surface area contributed by atoms with E-state index in [-0.39, 0.29) is 12.7 Å². The third kappa shape index (κ3) is 4.22. The smallest absolute Gasteiger partial charge is 0.333 e. The summed E-state index contributed by atoms with van der Waals surface area (Å²) in [6, 6.07) is 17.9. The number of carbonyl (C=O) groups excluding carboxylic acids is 1. The number of rotatable bonds is 6. The van der Waals surface area contributed by atoms with Gasteiger partial charge in [-0.1, -0.05) is 55.1 Å². The Balaban J connectivity index is 2.07. The summed E-state index contributed by atoms with van der Waals surface area (Å²) < 4.78 is 11.0. The summed E-state index contributed by atoms with van der Waals surface area (Å²) in [7, 11) is 0. The Bertz CT molecular complexity index is 647. The summed E-state index contributed by atoms with van der Waals surface area (Å²) in [5, 5.41) is 0. The molecule has 0 saturated heterocycles. The molecule has 0 heterocycles. The van der Waals surface area contributed by atoms with Gasteiger partial charge in [0.1, 0.15) is 18.5 Å². The summed E-state index contributed by atoms with van der Waals surface area (Å²) in [5.41, 5.74) is 2.49. The maximum atomic E-state index is 11.4. The van der Waals surface area contributed by atoms with Gasteiger partial charge in [0, 0.05) is 11.1 Å². The van der Waals surface area contributed by atoms with Gasteiger partial charge in [0.25, 0.3) is 0 Å². The molecule has 1 atom stereocenters. The first-order valence-corrected chi connectivity index (χ1v) is 7.21. The molecule has 3 nitrogen and oxygen atoms in total. The first-order chi connectivity index (χ1) is 10.6. The van der Waals surface area contributed by atoms with Gasteiger partial charge in [-0.05, 0) is 25.5 Å². The van der Waals surface area contributed by atoms with Gasteiger partial charge in [-0.3, -0.25) is 0 Å². The van der Waals surface area contributed by atoms with E-state index in [0.717, 1.165) is 16.9 Å². The summed E-state index contributed by atoms with van der Waals surface area (Å²) in [5.74, 6) is 0.374. The molecule has 0 aliphatic carbocycles. The van der Waals surface area contributed by atoms with E-state index in [4.69, 9.17) is 9.47 Å². The zero-order valence-electron chi connectivity index (χ0n) is 12.9. The van der Waals surface area contributed by atoms with E-state index in [1.54, 1.807) is 6.92 Å². The zero-order chi connectivity index (χ0) is 15.9. The fraction of sp³-hybridized carbons (Fsp3) is 0.211. The van der Waals surface area contributed by atoms with Crippen LogP contribution < -0.4 is 4.74 Å². The minimum atomic E-state index is -0.396. The molecule has 0 saturated carbocycles. The lowest BCUT2D eigenvalue weighted by atomic mass is 10.0. The second kappa shape index (κ2) is 7.46. The van der Waals surface area contributed by atoms with E-state index in [1.807, 2.05) is 61.5 Å². The summed E-state index contributed by atoms with van der Waals surface area (Å²) in [4.78, 5) is 11.4. The van der Waals surface area contributed by atoms with E-state index >= 15 is 0 Å². The summed E-state index contributed by atoms with van der Waals surface area (Å²) >= 11 is 0. The molecule has 22 heavy (non-hydrogen) atoms. The van der Waals surface area contributed by atoms with Gasteiger partial charge in [-0.2, -0.15) is 0 Å². The third-order valence-corrected chi connectivity index (χ3v) is 3.10. The molecule has 3 heteroatoms. The number of esters is 1. The van der Waals surface area contributed by atoms with Crippen molar-refractivity contribution < 1.29 is 14.3 Å². The lowest BCUT2D eigenvalue weighted by molar-refractivity contribution is -0.141. The van der Waals surface area contributed by atoms with Crippen LogP contribution in [0.1, 0.15) is 13.8 Å². The van der Waals surface area contributed by atoms with Gasteiger partial charge in [0.05, 0.1) is 0 Å². The van der Waals surface area contributed by atoms with E-state index in [0.29, 0.717) is 5.57 Å². The summed E-state index contributed by atoms with van der Waals surface area (Å²) in [6.45, 7) is 7.24. The van der Waals surface area contributed by atoms with E-state index in [2.05, 4.69) is 6.58 Å². The Morgan fingerprint density at radius 2 is 1.73 bits per heavy atom. The monoisotopic (exact) mass is 296 g/mol. The molecule has 0 N–H and O–H groups in total. The molecule has 0 aromatic heterocycles. The highest BCUT2D eigenvalue weighted by molar-refractivity contribution is 5.86. The van der Waals surface area contributed by atoms with Crippen LogP contribution in [0.5, 0.6) is 5.75 Å². The molecule has 2 rings (SSSR count). The van der Waals surface area contributed by atoms with Crippen LogP contribution in [0.15, 0.2) is 66.7 Å². The van der Waals surface area contributed by atoms with E-state index in [1.165, 1.54) is 0 Å². The fourth-order valence-corrected chi connectivity index (χ4v) is 1.99. The van der Waals surface area contributed by atoms with Gasteiger partial charge in [-0.15, -0.1) is 0 Å². The maximum Gasteiger partial charge on any atom is 0.333 e. The Morgan fingerprint density at radius 1 is 1.09 bits per heavy atom. The first kappa shape index (κ1) is 15.8. The molecule has 0 bridgehead atoms. The Kier molecular flexibility index (Phi) is 5.37. The van der Waals surface area contributed by atoms with Crippen molar-refractivity contribution in [1.29, 1.82) is 0 Å². The second-order valence-electron chi connectivity index (χ2n) is 5.17. The van der Waals surface area contributed by atoms with Gasteiger partial charge in [0.2, 0.25) is 0 Å². The zero-order valence-corrected chi connectivity index (χ0v) is 12.9. The van der Waals surface area contributed by atoms with Crippen molar-refractivity contribution >= 4 is 5.97 Å². The Hall–Kier alpha value is -2.55. The number of carbonyl (C=O) groups is 1. The predicted octanol–water partition coefficient (Wildman–Crippen LogP) is 4.24. The Labute approximate surface area is 131 Å². The molecule has 0 aliphatic heterocycles. The molecule has 0 radical (unpaired) electrons. The average Bonchev–Trinajstić information content (AvgIpc) is 2.54. The minimum Gasteiger partial charge on any atom is -0.487 e. The number of benzene rings is 2. The number of ether oxygens (including phenoxy) is 2. The van der Waals surface area contributed by atoms with Crippen molar-refractivity contribution in [2.24, 2.45) is 0 Å². The van der Waals surface area contributed by atoms with Crippen LogP contribution in [-0.2, 0) is 9.53 Å². The molecule has 2 aromatic carbocycles. The van der Waals surface area contributed by atoms with Gasteiger partial charge in [-0.25, -0.2) is 4.79 Å². The first-order valence-electron chi connectivity index (χ1n) is 7.21. The molecule has 2 aromatic rings. The molecule has 0 spiro atoms. The Morgan fingerprint density at radius 3 is 2.41 bits per heavy atom. The standard InChI is InChI=1S/C19H20O3/c1-14(2)19(20)21-13-15(3)22-18-12-8-7-11-17(18)16-9-5-4-6-10-16/h4-12,15H,1,13H2,2-3H3. The van der Waals surface area contributed by atoms with Crippen LogP contribution in [-0.4, -0.2) is 18.7 Å². The van der Waals surface area contributed by atoms with Crippen LogP contribution in [0, 0.1) is 0 Å². The lowest BCUT2D eigenvalue weighted by Crippen LogP contribution is -2.22.